The van der Waals surface area contributed by atoms with Crippen LogP contribution in [0.4, 0.5) is 11.4 Å². The Kier molecular flexibility index (Phi) is 5.92. The van der Waals surface area contributed by atoms with Gasteiger partial charge in [0.1, 0.15) is 17.3 Å². The van der Waals surface area contributed by atoms with Crippen molar-refractivity contribution in [3.05, 3.63) is 229 Å². The summed E-state index contributed by atoms with van der Waals surface area (Å²) in [4.78, 5) is 9.31. The second-order valence-corrected chi connectivity index (χ2v) is 16.8. The van der Waals surface area contributed by atoms with Crippen LogP contribution in [0.1, 0.15) is 55.5 Å². The Labute approximate surface area is 400 Å². The first kappa shape index (κ1) is 25.4. The van der Waals surface area contributed by atoms with Gasteiger partial charge in [0, 0.05) is 63.3 Å². The topological polar surface area (TPSA) is 33.5 Å². The molecule has 0 N–H and O–H groups in total. The molecule has 5 heteroatoms. The molecule has 312 valence electrons. The molecule has 5 nitrogen and oxygen atoms in total. The summed E-state index contributed by atoms with van der Waals surface area (Å²) >= 11 is 0. The van der Waals surface area contributed by atoms with E-state index < -0.39 is 78.6 Å². The maximum Gasteiger partial charge on any atom is 0.137 e. The Morgan fingerprint density at radius 2 is 1.12 bits per heavy atom. The Morgan fingerprint density at radius 3 is 1.80 bits per heavy atom. The largest absolute Gasteiger partial charge is 0.457 e. The van der Waals surface area contributed by atoms with E-state index in [-0.39, 0.29) is 70.5 Å². The molecule has 8 aromatic carbocycles. The lowest BCUT2D eigenvalue weighted by molar-refractivity contribution is 0.482. The summed E-state index contributed by atoms with van der Waals surface area (Å²) in [6.07, 6.45) is 2.34. The van der Waals surface area contributed by atoms with Crippen LogP contribution in [0, 0.1) is 6.92 Å². The number of hydrogen-bond donors (Lipinski definition) is 0. The predicted molar refractivity (Wildman–Crippen MR) is 267 cm³/mol. The van der Waals surface area contributed by atoms with E-state index >= 15 is 0 Å². The van der Waals surface area contributed by atoms with E-state index in [4.69, 9.17) is 24.8 Å². The highest BCUT2D eigenvalue weighted by atomic mass is 16.5. The number of aromatic nitrogens is 2. The minimum Gasteiger partial charge on any atom is -0.457 e. The van der Waals surface area contributed by atoms with Gasteiger partial charge in [-0.25, -0.2) is 4.98 Å². The number of pyridine rings is 1. The van der Waals surface area contributed by atoms with Gasteiger partial charge in [-0.05, 0) is 83.1 Å². The van der Waals surface area contributed by atoms with Crippen LogP contribution in [0.25, 0.3) is 61.0 Å². The van der Waals surface area contributed by atoms with Crippen LogP contribution in [-0.4, -0.2) is 28.3 Å². The normalized spacial score (nSPS) is 21.6. The standard InChI is InChI=1S/C60H46N4O/c1-39-33-57(61-37-54(39)42-21-9-4-10-22-42)64-55-30-14-13-27-50(55)51-32-31-45(35-56(51)64)65-44-24-15-23-43(34-44)62-38-63(60-53-36-52(59(60)62)48-25-11-12-26-49(48)53)58-46(40-17-5-2-6-18-40)28-16-29-47(58)41-19-7-3-8-20-41/h2-35,37,52-53,59-60H,36,38H2,1H3/t52-,53+,59?,60?/m1/s1/i2D,3D,4D,5D,6D,7D,8D,9D,10D,17D,18D,19D,20D,21D,22D. The summed E-state index contributed by atoms with van der Waals surface area (Å²) in [7, 11) is 0. The fourth-order valence-corrected chi connectivity index (χ4v) is 10.9. The zero-order valence-electron chi connectivity index (χ0n) is 50.0. The Hall–Kier alpha value is -7.89. The number of benzene rings is 8. The van der Waals surface area contributed by atoms with Gasteiger partial charge in [-0.3, -0.25) is 4.57 Å². The molecule has 0 spiro atoms. The predicted octanol–water partition coefficient (Wildman–Crippen LogP) is 14.6. The van der Waals surface area contributed by atoms with Crippen molar-refractivity contribution >= 4 is 33.2 Å². The summed E-state index contributed by atoms with van der Waals surface area (Å²) in [6, 6.07) is 29.4. The van der Waals surface area contributed by atoms with Gasteiger partial charge in [-0.1, -0.05) is 157 Å². The molecular formula is C60H46N4O. The van der Waals surface area contributed by atoms with Crippen LogP contribution >= 0.6 is 0 Å². The van der Waals surface area contributed by atoms with Crippen molar-refractivity contribution in [3.63, 3.8) is 0 Å². The highest BCUT2D eigenvalue weighted by Gasteiger charge is 2.59. The molecule has 2 bridgehead atoms. The smallest absolute Gasteiger partial charge is 0.137 e. The zero-order valence-corrected chi connectivity index (χ0v) is 35.0. The van der Waals surface area contributed by atoms with Gasteiger partial charge < -0.3 is 14.5 Å². The molecule has 3 aliphatic rings. The first-order chi connectivity index (χ1) is 38.4. The molecule has 4 atom stereocenters. The van der Waals surface area contributed by atoms with Crippen molar-refractivity contribution in [1.82, 2.24) is 9.55 Å². The van der Waals surface area contributed by atoms with E-state index in [0.29, 0.717) is 34.1 Å². The van der Waals surface area contributed by atoms with Crippen LogP contribution < -0.4 is 14.5 Å². The lowest BCUT2D eigenvalue weighted by atomic mass is 9.83. The summed E-state index contributed by atoms with van der Waals surface area (Å²) in [5, 5.41) is 1.90. The molecular weight excluding hydrogens is 793 g/mol. The number of anilines is 2. The number of rotatable bonds is 8. The first-order valence-electron chi connectivity index (χ1n) is 29.1. The van der Waals surface area contributed by atoms with Crippen LogP contribution in [0.3, 0.4) is 0 Å². The van der Waals surface area contributed by atoms with Crippen LogP contribution in [-0.2, 0) is 0 Å². The Bertz CT molecular complexity index is 4160. The molecule has 1 saturated heterocycles. The van der Waals surface area contributed by atoms with Crippen molar-refractivity contribution in [3.8, 4) is 50.7 Å². The monoisotopic (exact) mass is 853 g/mol. The second kappa shape index (κ2) is 15.1. The number of ether oxygens (including phenoxy) is 1. The molecule has 1 saturated carbocycles. The van der Waals surface area contributed by atoms with Gasteiger partial charge in [0.25, 0.3) is 0 Å². The van der Waals surface area contributed by atoms with E-state index in [1.165, 1.54) is 11.1 Å². The molecule has 13 rings (SSSR count). The van der Waals surface area contributed by atoms with Gasteiger partial charge in [-0.15, -0.1) is 0 Å². The molecule has 65 heavy (non-hydrogen) atoms. The molecule has 2 aliphatic carbocycles. The van der Waals surface area contributed by atoms with Crippen molar-refractivity contribution in [2.24, 2.45) is 0 Å². The van der Waals surface area contributed by atoms with Crippen molar-refractivity contribution in [2.75, 3.05) is 16.5 Å². The van der Waals surface area contributed by atoms with Gasteiger partial charge in [0.2, 0.25) is 0 Å². The molecule has 3 heterocycles. The molecule has 2 fully saturated rings. The molecule has 1 aliphatic heterocycles. The number of hydrogen-bond acceptors (Lipinski definition) is 4. The molecule has 0 radical (unpaired) electrons. The third-order valence-electron chi connectivity index (χ3n) is 13.5. The summed E-state index contributed by atoms with van der Waals surface area (Å²) in [6.45, 7) is 2.03. The fraction of sp³-hybridized carbons (Fsp3) is 0.117. The highest BCUT2D eigenvalue weighted by molar-refractivity contribution is 6.09. The van der Waals surface area contributed by atoms with E-state index in [0.717, 1.165) is 33.9 Å². The van der Waals surface area contributed by atoms with Gasteiger partial charge >= 0.3 is 0 Å². The highest BCUT2D eigenvalue weighted by Crippen LogP contribution is 2.61. The average molecular weight is 854 g/mol. The maximum atomic E-state index is 9.21. The van der Waals surface area contributed by atoms with Crippen molar-refractivity contribution in [1.29, 1.82) is 0 Å². The van der Waals surface area contributed by atoms with E-state index in [2.05, 4.69) is 21.9 Å². The van der Waals surface area contributed by atoms with Gasteiger partial charge in [-0.2, -0.15) is 0 Å². The van der Waals surface area contributed by atoms with Crippen LogP contribution in [0.2, 0.25) is 0 Å². The quantitative estimate of drug-likeness (QED) is 0.152. The first-order valence-corrected chi connectivity index (χ1v) is 21.6. The Balaban J connectivity index is 0.932. The average Bonchev–Trinajstić information content (AvgIpc) is 4.29. The zero-order chi connectivity index (χ0) is 56.1. The number of nitrogens with zero attached hydrogens (tertiary/aromatic N) is 4. The third-order valence-corrected chi connectivity index (χ3v) is 13.5. The van der Waals surface area contributed by atoms with Crippen molar-refractivity contribution < 1.29 is 25.3 Å². The van der Waals surface area contributed by atoms with Crippen LogP contribution in [0.15, 0.2) is 212 Å². The molecule has 2 aromatic heterocycles. The number of fused-ring (bicyclic) bond motifs is 11. The Morgan fingerprint density at radius 1 is 0.538 bits per heavy atom. The van der Waals surface area contributed by atoms with Gasteiger partial charge in [0.15, 0.2) is 0 Å². The molecule has 0 amide bonds. The maximum absolute atomic E-state index is 9.21. The molecule has 2 unspecified atom stereocenters. The lowest BCUT2D eigenvalue weighted by Crippen LogP contribution is -2.41. The summed E-state index contributed by atoms with van der Waals surface area (Å²) in [5.74, 6) is 1.61. The summed E-state index contributed by atoms with van der Waals surface area (Å²) in [5.41, 5.74) is 6.80. The SMILES string of the molecule is [2H]c1c([2H])c([2H])c(-c2cnc(-n3c4ccccc4c4ccc(Oc5cccc(N6CN(c7c(-c8c([2H])c([2H])c([2H])c([2H])c8[2H])cccc7-c7c([2H])c([2H])c([2H])c([2H])c7[2H])C7C6[C@@H]6C[C@H]7c7ccccc76)c5)cc43)cc2C)c([2H])c1[2H]. The third kappa shape index (κ3) is 6.10. The minimum atomic E-state index is -0.552. The van der Waals surface area contributed by atoms with E-state index in [1.54, 1.807) is 24.4 Å². The minimum absolute atomic E-state index is 0.0349. The van der Waals surface area contributed by atoms with Crippen LogP contribution in [0.5, 0.6) is 11.5 Å². The lowest BCUT2D eigenvalue weighted by Gasteiger charge is -2.36. The van der Waals surface area contributed by atoms with Gasteiger partial charge in [0.05, 0.1) is 56.0 Å². The molecule has 10 aromatic rings. The second-order valence-electron chi connectivity index (χ2n) is 16.8. The number of aryl methyl sites for hydroxylation is 1. The number of para-hydroxylation sites is 2. The van der Waals surface area contributed by atoms with E-state index in [9.17, 15) is 5.48 Å². The summed E-state index contributed by atoms with van der Waals surface area (Å²) < 4.78 is 139. The van der Waals surface area contributed by atoms with Crippen molar-refractivity contribution in [2.45, 2.75) is 37.3 Å². The fourth-order valence-electron chi connectivity index (χ4n) is 10.9. The van der Waals surface area contributed by atoms with E-state index in [1.807, 2.05) is 96.4 Å².